The van der Waals surface area contributed by atoms with Gasteiger partial charge in [0.1, 0.15) is 11.4 Å². The second kappa shape index (κ2) is 8.43. The first-order chi connectivity index (χ1) is 13.6. The smallest absolute Gasteiger partial charge is 0.407 e. The van der Waals surface area contributed by atoms with Crippen molar-refractivity contribution in [2.24, 2.45) is 5.92 Å². The summed E-state index contributed by atoms with van der Waals surface area (Å²) >= 11 is 0. The number of carbonyl (C=O) groups is 2. The molecular weight excluding hydrogens is 373 g/mol. The highest BCUT2D eigenvalue weighted by atomic mass is 19.1. The van der Waals surface area contributed by atoms with Crippen LogP contribution in [0.5, 0.6) is 0 Å². The minimum Gasteiger partial charge on any atom is -0.444 e. The molecular formula is C22H30FN3O3. The molecule has 1 aliphatic heterocycles. The van der Waals surface area contributed by atoms with Crippen molar-refractivity contribution in [3.05, 3.63) is 35.3 Å². The molecule has 2 amide bonds. The number of nitrogens with zero attached hydrogens (tertiary/aromatic N) is 1. The molecule has 1 aromatic heterocycles. The summed E-state index contributed by atoms with van der Waals surface area (Å²) in [6.45, 7) is 9.29. The van der Waals surface area contributed by atoms with Crippen LogP contribution < -0.4 is 5.32 Å². The summed E-state index contributed by atoms with van der Waals surface area (Å²) in [5, 5.41) is 3.59. The third kappa shape index (κ3) is 5.49. The van der Waals surface area contributed by atoms with Crippen molar-refractivity contribution in [2.75, 3.05) is 19.6 Å². The van der Waals surface area contributed by atoms with E-state index in [1.807, 2.05) is 32.6 Å². The van der Waals surface area contributed by atoms with E-state index in [0.29, 0.717) is 25.6 Å². The van der Waals surface area contributed by atoms with E-state index in [4.69, 9.17) is 4.74 Å². The predicted octanol–water partition coefficient (Wildman–Crippen LogP) is 3.92. The van der Waals surface area contributed by atoms with Crippen molar-refractivity contribution in [1.29, 1.82) is 0 Å². The molecule has 29 heavy (non-hydrogen) atoms. The Bertz CT molecular complexity index is 893. The maximum absolute atomic E-state index is 13.6. The molecule has 2 N–H and O–H groups in total. The first-order valence-electron chi connectivity index (χ1n) is 10.1. The standard InChI is InChI=1S/C22H30FN3O3/c1-14-17(18-11-16(23)5-6-19(18)25-14)12-20(27)26-9-7-15(8-10-26)13-24-21(28)29-22(2,3)4/h5-6,11,15,25H,7-10,12-13H2,1-4H3,(H,24,28). The van der Waals surface area contributed by atoms with E-state index in [0.717, 1.165) is 35.0 Å². The zero-order chi connectivity index (χ0) is 21.2. The van der Waals surface area contributed by atoms with E-state index >= 15 is 0 Å². The van der Waals surface area contributed by atoms with Crippen LogP contribution in [-0.4, -0.2) is 47.1 Å². The zero-order valence-corrected chi connectivity index (χ0v) is 17.6. The lowest BCUT2D eigenvalue weighted by Crippen LogP contribution is -2.42. The van der Waals surface area contributed by atoms with E-state index in [-0.39, 0.29) is 18.1 Å². The maximum Gasteiger partial charge on any atom is 0.407 e. The van der Waals surface area contributed by atoms with Gasteiger partial charge in [-0.1, -0.05) is 0 Å². The number of ether oxygens (including phenoxy) is 1. The summed E-state index contributed by atoms with van der Waals surface area (Å²) in [4.78, 5) is 29.7. The van der Waals surface area contributed by atoms with E-state index in [1.54, 1.807) is 6.07 Å². The molecule has 1 aliphatic rings. The zero-order valence-electron chi connectivity index (χ0n) is 17.6. The summed E-state index contributed by atoms with van der Waals surface area (Å²) < 4.78 is 18.9. The van der Waals surface area contributed by atoms with Gasteiger partial charge in [0, 0.05) is 36.2 Å². The Morgan fingerprint density at radius 2 is 1.97 bits per heavy atom. The number of halogens is 1. The van der Waals surface area contributed by atoms with Crippen LogP contribution >= 0.6 is 0 Å². The van der Waals surface area contributed by atoms with E-state index in [2.05, 4.69) is 10.3 Å². The van der Waals surface area contributed by atoms with E-state index < -0.39 is 11.7 Å². The molecule has 2 aromatic rings. The quantitative estimate of drug-likeness (QED) is 0.813. The number of H-pyrrole nitrogens is 1. The lowest BCUT2D eigenvalue weighted by Gasteiger charge is -2.32. The average Bonchev–Trinajstić information content (AvgIpc) is 2.94. The number of aryl methyl sites for hydroxylation is 1. The van der Waals surface area contributed by atoms with Crippen molar-refractivity contribution in [2.45, 2.75) is 52.6 Å². The van der Waals surface area contributed by atoms with Crippen LogP contribution in [0.1, 0.15) is 44.9 Å². The first-order valence-corrected chi connectivity index (χ1v) is 10.1. The van der Waals surface area contributed by atoms with Crippen molar-refractivity contribution in [3.8, 4) is 0 Å². The minimum atomic E-state index is -0.511. The Labute approximate surface area is 170 Å². The number of piperidine rings is 1. The summed E-state index contributed by atoms with van der Waals surface area (Å²) in [5.41, 5.74) is 2.09. The molecule has 3 rings (SSSR count). The minimum absolute atomic E-state index is 0.0526. The van der Waals surface area contributed by atoms with Gasteiger partial charge in [-0.05, 0) is 70.2 Å². The number of benzene rings is 1. The molecule has 158 valence electrons. The van der Waals surface area contributed by atoms with Crippen LogP contribution in [0.4, 0.5) is 9.18 Å². The van der Waals surface area contributed by atoms with Gasteiger partial charge in [0.15, 0.2) is 0 Å². The SMILES string of the molecule is Cc1[nH]c2ccc(F)cc2c1CC(=O)N1CCC(CNC(=O)OC(C)(C)C)CC1. The number of likely N-dealkylation sites (tertiary alicyclic amines) is 1. The van der Waals surface area contributed by atoms with Crippen LogP contribution in [0.15, 0.2) is 18.2 Å². The second-order valence-corrected chi connectivity index (χ2v) is 8.80. The average molecular weight is 403 g/mol. The highest BCUT2D eigenvalue weighted by molar-refractivity contribution is 5.90. The van der Waals surface area contributed by atoms with E-state index in [9.17, 15) is 14.0 Å². The molecule has 1 saturated heterocycles. The molecule has 2 heterocycles. The van der Waals surface area contributed by atoms with E-state index in [1.165, 1.54) is 12.1 Å². The Balaban J connectivity index is 1.51. The number of fused-ring (bicyclic) bond motifs is 1. The molecule has 7 heteroatoms. The van der Waals surface area contributed by atoms with Crippen LogP contribution in [0.2, 0.25) is 0 Å². The fourth-order valence-corrected chi connectivity index (χ4v) is 3.77. The highest BCUT2D eigenvalue weighted by Gasteiger charge is 2.25. The van der Waals surface area contributed by atoms with Crippen molar-refractivity contribution >= 4 is 22.9 Å². The molecule has 1 fully saturated rings. The lowest BCUT2D eigenvalue weighted by atomic mass is 9.96. The van der Waals surface area contributed by atoms with Crippen molar-refractivity contribution in [3.63, 3.8) is 0 Å². The highest BCUT2D eigenvalue weighted by Crippen LogP contribution is 2.25. The Kier molecular flexibility index (Phi) is 6.15. The number of aromatic amines is 1. The van der Waals surface area contributed by atoms with Crippen LogP contribution in [-0.2, 0) is 16.0 Å². The first kappa shape index (κ1) is 21.1. The molecule has 0 aliphatic carbocycles. The number of hydrogen-bond acceptors (Lipinski definition) is 3. The van der Waals surface area contributed by atoms with Crippen molar-refractivity contribution < 1.29 is 18.7 Å². The van der Waals surface area contributed by atoms with Gasteiger partial charge in [0.2, 0.25) is 5.91 Å². The van der Waals surface area contributed by atoms with Gasteiger partial charge in [0.05, 0.1) is 6.42 Å². The van der Waals surface area contributed by atoms with Crippen LogP contribution in [0, 0.1) is 18.7 Å². The number of carbonyl (C=O) groups excluding carboxylic acids is 2. The fraction of sp³-hybridized carbons (Fsp3) is 0.545. The number of aromatic nitrogens is 1. The lowest BCUT2D eigenvalue weighted by molar-refractivity contribution is -0.131. The van der Waals surface area contributed by atoms with Gasteiger partial charge in [-0.25, -0.2) is 9.18 Å². The number of amides is 2. The number of alkyl carbamates (subject to hydrolysis) is 1. The third-order valence-electron chi connectivity index (χ3n) is 5.31. The third-order valence-corrected chi connectivity index (χ3v) is 5.31. The topological polar surface area (TPSA) is 74.4 Å². The Hall–Kier alpha value is -2.57. The largest absolute Gasteiger partial charge is 0.444 e. The summed E-state index contributed by atoms with van der Waals surface area (Å²) in [6, 6.07) is 4.60. The summed E-state index contributed by atoms with van der Waals surface area (Å²) in [5.74, 6) is 0.0794. The fourth-order valence-electron chi connectivity index (χ4n) is 3.77. The molecule has 0 saturated carbocycles. The number of rotatable bonds is 4. The molecule has 0 radical (unpaired) electrons. The summed E-state index contributed by atoms with van der Waals surface area (Å²) in [7, 11) is 0. The number of nitrogens with one attached hydrogen (secondary N) is 2. The van der Waals surface area contributed by atoms with Crippen LogP contribution in [0.3, 0.4) is 0 Å². The monoisotopic (exact) mass is 403 g/mol. The Morgan fingerprint density at radius 1 is 1.28 bits per heavy atom. The summed E-state index contributed by atoms with van der Waals surface area (Å²) in [6.07, 6.45) is 1.53. The van der Waals surface area contributed by atoms with Crippen LogP contribution in [0.25, 0.3) is 10.9 Å². The van der Waals surface area contributed by atoms with Gasteiger partial charge < -0.3 is 19.9 Å². The maximum atomic E-state index is 13.6. The van der Waals surface area contributed by atoms with Gasteiger partial charge in [-0.2, -0.15) is 0 Å². The van der Waals surface area contributed by atoms with Crippen molar-refractivity contribution in [1.82, 2.24) is 15.2 Å². The van der Waals surface area contributed by atoms with Gasteiger partial charge >= 0.3 is 6.09 Å². The molecule has 0 atom stereocenters. The molecule has 0 bridgehead atoms. The predicted molar refractivity (Wildman–Crippen MR) is 110 cm³/mol. The molecule has 0 unspecified atom stereocenters. The van der Waals surface area contributed by atoms with Gasteiger partial charge in [-0.15, -0.1) is 0 Å². The second-order valence-electron chi connectivity index (χ2n) is 8.80. The Morgan fingerprint density at radius 3 is 2.62 bits per heavy atom. The molecule has 0 spiro atoms. The van der Waals surface area contributed by atoms with Gasteiger partial charge in [-0.3, -0.25) is 4.79 Å². The van der Waals surface area contributed by atoms with Gasteiger partial charge in [0.25, 0.3) is 0 Å². The molecule has 6 nitrogen and oxygen atoms in total. The molecule has 1 aromatic carbocycles. The number of hydrogen-bond donors (Lipinski definition) is 2. The normalized spacial score (nSPS) is 15.6.